The van der Waals surface area contributed by atoms with E-state index < -0.39 is 0 Å². The first-order valence-electron chi connectivity index (χ1n) is 7.34. The summed E-state index contributed by atoms with van der Waals surface area (Å²) in [6.45, 7) is 7.68. The average molecular weight is 314 g/mol. The molecule has 0 saturated heterocycles. The second kappa shape index (κ2) is 8.73. The summed E-state index contributed by atoms with van der Waals surface area (Å²) < 4.78 is 5.53. The van der Waals surface area contributed by atoms with E-state index in [4.69, 9.17) is 9.84 Å². The molecule has 2 aromatic rings. The van der Waals surface area contributed by atoms with E-state index in [0.29, 0.717) is 17.4 Å². The minimum Gasteiger partial charge on any atom is -0.508 e. The van der Waals surface area contributed by atoms with Crippen molar-refractivity contribution < 1.29 is 19.4 Å². The van der Waals surface area contributed by atoms with Gasteiger partial charge < -0.3 is 9.84 Å². The van der Waals surface area contributed by atoms with Crippen molar-refractivity contribution in [2.24, 2.45) is 0 Å². The summed E-state index contributed by atoms with van der Waals surface area (Å²) >= 11 is 0. The lowest BCUT2D eigenvalue weighted by molar-refractivity contribution is 0.111. The number of carbonyl (C=O) groups excluding carboxylic acids is 2. The third-order valence-electron chi connectivity index (χ3n) is 3.08. The van der Waals surface area contributed by atoms with Crippen LogP contribution < -0.4 is 4.74 Å². The molecule has 2 rings (SSSR count). The summed E-state index contributed by atoms with van der Waals surface area (Å²) in [5.41, 5.74) is 2.99. The van der Waals surface area contributed by atoms with Gasteiger partial charge in [-0.1, -0.05) is 24.3 Å². The molecule has 0 heterocycles. The van der Waals surface area contributed by atoms with Gasteiger partial charge in [0.25, 0.3) is 0 Å². The maximum atomic E-state index is 10.5. The normalized spacial score (nSPS) is 9.78. The second-order valence-electron chi connectivity index (χ2n) is 5.47. The second-order valence-corrected chi connectivity index (χ2v) is 5.47. The fourth-order valence-electron chi connectivity index (χ4n) is 1.77. The van der Waals surface area contributed by atoms with Crippen LogP contribution in [0.1, 0.15) is 45.7 Å². The number of carbonyl (C=O) groups is 2. The molecule has 0 radical (unpaired) electrons. The summed E-state index contributed by atoms with van der Waals surface area (Å²) in [7, 11) is 0. The van der Waals surface area contributed by atoms with Gasteiger partial charge in [-0.15, -0.1) is 0 Å². The molecule has 0 bridgehead atoms. The van der Waals surface area contributed by atoms with Gasteiger partial charge in [-0.25, -0.2) is 0 Å². The molecule has 0 fully saturated rings. The number of phenols is 1. The van der Waals surface area contributed by atoms with E-state index in [1.165, 1.54) is 6.07 Å². The van der Waals surface area contributed by atoms with Crippen molar-refractivity contribution in [3.63, 3.8) is 0 Å². The number of rotatable bonds is 4. The Kier molecular flexibility index (Phi) is 7.00. The number of benzene rings is 2. The standard InChI is InChI=1S/C11H14O2.C8H8O2/c1-8(2)13-11-6-10(7-12)5-4-9(11)3;1-6-2-3-7(5-9)4-8(6)10/h4-8H,1-3H3;2-5,10H,1H3. The van der Waals surface area contributed by atoms with Crippen molar-refractivity contribution in [3.05, 3.63) is 58.7 Å². The third-order valence-corrected chi connectivity index (χ3v) is 3.08. The van der Waals surface area contributed by atoms with Crippen LogP contribution in [0.15, 0.2) is 36.4 Å². The molecule has 2 aromatic carbocycles. The molecule has 0 saturated carbocycles. The van der Waals surface area contributed by atoms with Crippen molar-refractivity contribution >= 4 is 12.6 Å². The van der Waals surface area contributed by atoms with E-state index in [9.17, 15) is 9.59 Å². The number of aryl methyl sites for hydroxylation is 2. The Labute approximate surface area is 136 Å². The van der Waals surface area contributed by atoms with E-state index in [2.05, 4.69) is 0 Å². The van der Waals surface area contributed by atoms with E-state index in [1.54, 1.807) is 31.2 Å². The molecule has 0 unspecified atom stereocenters. The van der Waals surface area contributed by atoms with Crippen molar-refractivity contribution in [2.75, 3.05) is 0 Å². The number of hydrogen-bond donors (Lipinski definition) is 1. The molecule has 122 valence electrons. The first-order valence-corrected chi connectivity index (χ1v) is 7.34. The van der Waals surface area contributed by atoms with Gasteiger partial charge in [0.1, 0.15) is 24.1 Å². The van der Waals surface area contributed by atoms with Crippen LogP contribution in [0, 0.1) is 13.8 Å². The minimum absolute atomic E-state index is 0.139. The summed E-state index contributed by atoms with van der Waals surface area (Å²) in [6.07, 6.45) is 1.67. The highest BCUT2D eigenvalue weighted by atomic mass is 16.5. The first-order chi connectivity index (χ1) is 10.9. The highest BCUT2D eigenvalue weighted by Gasteiger charge is 2.02. The first kappa shape index (κ1) is 18.4. The van der Waals surface area contributed by atoms with Crippen LogP contribution in [0.25, 0.3) is 0 Å². The smallest absolute Gasteiger partial charge is 0.150 e. The Hall–Kier alpha value is -2.62. The topological polar surface area (TPSA) is 63.6 Å². The van der Waals surface area contributed by atoms with Gasteiger partial charge in [-0.3, -0.25) is 9.59 Å². The lowest BCUT2D eigenvalue weighted by atomic mass is 10.1. The lowest BCUT2D eigenvalue weighted by Crippen LogP contribution is -2.06. The zero-order valence-corrected chi connectivity index (χ0v) is 13.9. The molecule has 0 spiro atoms. The molecule has 4 nitrogen and oxygen atoms in total. The fourth-order valence-corrected chi connectivity index (χ4v) is 1.77. The van der Waals surface area contributed by atoms with E-state index in [-0.39, 0.29) is 11.9 Å². The quantitative estimate of drug-likeness (QED) is 0.863. The highest BCUT2D eigenvalue weighted by molar-refractivity contribution is 5.76. The Morgan fingerprint density at radius 2 is 1.43 bits per heavy atom. The predicted molar refractivity (Wildman–Crippen MR) is 90.6 cm³/mol. The lowest BCUT2D eigenvalue weighted by Gasteiger charge is -2.12. The predicted octanol–water partition coefficient (Wildman–Crippen LogP) is 4.11. The molecule has 0 amide bonds. The van der Waals surface area contributed by atoms with Crippen molar-refractivity contribution in [1.82, 2.24) is 0 Å². The number of hydrogen-bond acceptors (Lipinski definition) is 4. The van der Waals surface area contributed by atoms with Gasteiger partial charge >= 0.3 is 0 Å². The molecular formula is C19H22O4. The SMILES string of the molecule is Cc1ccc(C=O)cc1O.Cc1ccc(C=O)cc1OC(C)C. The minimum atomic E-state index is 0.139. The maximum absolute atomic E-state index is 10.5. The van der Waals surface area contributed by atoms with Crippen molar-refractivity contribution in [2.45, 2.75) is 33.8 Å². The van der Waals surface area contributed by atoms with Crippen LogP contribution in [-0.2, 0) is 0 Å². The average Bonchev–Trinajstić information content (AvgIpc) is 2.52. The Balaban J connectivity index is 0.000000238. The highest BCUT2D eigenvalue weighted by Crippen LogP contribution is 2.19. The van der Waals surface area contributed by atoms with E-state index >= 15 is 0 Å². The van der Waals surface area contributed by atoms with Crippen LogP contribution in [0.4, 0.5) is 0 Å². The van der Waals surface area contributed by atoms with Crippen LogP contribution in [0.3, 0.4) is 0 Å². The van der Waals surface area contributed by atoms with Gasteiger partial charge in [-0.05, 0) is 51.0 Å². The summed E-state index contributed by atoms with van der Waals surface area (Å²) in [6, 6.07) is 10.3. The molecule has 0 atom stereocenters. The van der Waals surface area contributed by atoms with Gasteiger partial charge in [0.2, 0.25) is 0 Å². The molecular weight excluding hydrogens is 292 g/mol. The van der Waals surface area contributed by atoms with Gasteiger partial charge in [0, 0.05) is 11.1 Å². The van der Waals surface area contributed by atoms with E-state index in [0.717, 1.165) is 23.2 Å². The third kappa shape index (κ3) is 5.94. The van der Waals surface area contributed by atoms with Gasteiger partial charge in [0.05, 0.1) is 6.10 Å². The van der Waals surface area contributed by atoms with Crippen LogP contribution in [0.2, 0.25) is 0 Å². The Bertz CT molecular complexity index is 675. The molecule has 1 N–H and O–H groups in total. The molecule has 0 aliphatic carbocycles. The summed E-state index contributed by atoms with van der Waals surface area (Å²) in [5, 5.41) is 9.07. The number of aldehydes is 2. The van der Waals surface area contributed by atoms with Crippen LogP contribution in [-0.4, -0.2) is 23.8 Å². The zero-order valence-electron chi connectivity index (χ0n) is 13.9. The number of aromatic hydroxyl groups is 1. The molecule has 23 heavy (non-hydrogen) atoms. The summed E-state index contributed by atoms with van der Waals surface area (Å²) in [5.74, 6) is 0.962. The fraction of sp³-hybridized carbons (Fsp3) is 0.263. The van der Waals surface area contributed by atoms with Crippen LogP contribution in [0.5, 0.6) is 11.5 Å². The molecule has 0 aromatic heterocycles. The zero-order chi connectivity index (χ0) is 17.4. The number of ether oxygens (including phenoxy) is 1. The molecule has 4 heteroatoms. The van der Waals surface area contributed by atoms with Crippen molar-refractivity contribution in [3.8, 4) is 11.5 Å². The summed E-state index contributed by atoms with van der Waals surface area (Å²) in [4.78, 5) is 20.7. The van der Waals surface area contributed by atoms with E-state index in [1.807, 2.05) is 26.8 Å². The maximum Gasteiger partial charge on any atom is 0.150 e. The monoisotopic (exact) mass is 314 g/mol. The van der Waals surface area contributed by atoms with Crippen LogP contribution >= 0.6 is 0 Å². The van der Waals surface area contributed by atoms with Gasteiger partial charge in [0.15, 0.2) is 0 Å². The number of phenolic OH excluding ortho intramolecular Hbond substituents is 1. The largest absolute Gasteiger partial charge is 0.508 e. The Morgan fingerprint density at radius 1 is 0.913 bits per heavy atom. The molecule has 0 aliphatic rings. The Morgan fingerprint density at radius 3 is 1.91 bits per heavy atom. The molecule has 0 aliphatic heterocycles. The van der Waals surface area contributed by atoms with Gasteiger partial charge in [-0.2, -0.15) is 0 Å². The van der Waals surface area contributed by atoms with Crippen molar-refractivity contribution in [1.29, 1.82) is 0 Å².